The van der Waals surface area contributed by atoms with Crippen LogP contribution in [0.15, 0.2) is 42.5 Å². The highest BCUT2D eigenvalue weighted by molar-refractivity contribution is 6.30. The number of hydrogen-bond donors (Lipinski definition) is 1. The van der Waals surface area contributed by atoms with E-state index in [0.29, 0.717) is 17.8 Å². The molecule has 4 atom stereocenters. The monoisotopic (exact) mass is 464 g/mol. The van der Waals surface area contributed by atoms with Crippen molar-refractivity contribution in [2.45, 2.75) is 45.4 Å². The van der Waals surface area contributed by atoms with Crippen molar-refractivity contribution in [2.24, 2.45) is 5.41 Å². The van der Waals surface area contributed by atoms with Crippen LogP contribution in [0.25, 0.3) is 0 Å². The maximum Gasteiger partial charge on any atom is 0.335 e. The molecule has 0 bridgehead atoms. The number of urea groups is 1. The number of ether oxygens (including phenoxy) is 1. The molecule has 4 amide bonds. The van der Waals surface area contributed by atoms with Gasteiger partial charge in [0.05, 0.1) is 28.9 Å². The molecule has 0 saturated carbocycles. The first-order chi connectivity index (χ1) is 16.1. The van der Waals surface area contributed by atoms with Crippen molar-refractivity contribution in [3.05, 3.63) is 63.7 Å². The number of benzene rings is 2. The van der Waals surface area contributed by atoms with E-state index in [0.717, 1.165) is 16.2 Å². The molecule has 10 nitrogen and oxygen atoms in total. The Morgan fingerprint density at radius 1 is 1.12 bits per heavy atom. The molecule has 5 rings (SSSR count). The van der Waals surface area contributed by atoms with E-state index in [-0.39, 0.29) is 18.2 Å². The molecular weight excluding hydrogens is 440 g/mol. The summed E-state index contributed by atoms with van der Waals surface area (Å²) in [5, 5.41) is 13.8. The SMILES string of the molecule is Cc1ccc(N2C(=O)NC(=O)[C@]3(Cc4cc([N+](=O)[O-])ccc4N4C[C@@H](C)O[C@H](C)[C@H]43)C2=O)cc1. The quantitative estimate of drug-likeness (QED) is 0.412. The smallest absolute Gasteiger partial charge is 0.335 e. The first kappa shape index (κ1) is 22.0. The summed E-state index contributed by atoms with van der Waals surface area (Å²) in [5.41, 5.74) is 0.690. The van der Waals surface area contributed by atoms with E-state index < -0.39 is 40.3 Å². The third-order valence-corrected chi connectivity index (χ3v) is 6.94. The van der Waals surface area contributed by atoms with Gasteiger partial charge in [0, 0.05) is 30.8 Å². The van der Waals surface area contributed by atoms with Crippen molar-refractivity contribution in [2.75, 3.05) is 16.3 Å². The Labute approximate surface area is 195 Å². The molecule has 2 aromatic carbocycles. The van der Waals surface area contributed by atoms with Crippen LogP contribution in [0.5, 0.6) is 0 Å². The van der Waals surface area contributed by atoms with E-state index in [9.17, 15) is 24.5 Å². The fraction of sp³-hybridized carbons (Fsp3) is 0.375. The largest absolute Gasteiger partial charge is 0.372 e. The van der Waals surface area contributed by atoms with Crippen LogP contribution in [-0.4, -0.2) is 47.6 Å². The molecule has 2 fully saturated rings. The van der Waals surface area contributed by atoms with E-state index >= 15 is 0 Å². The highest BCUT2D eigenvalue weighted by Gasteiger charge is 2.65. The van der Waals surface area contributed by atoms with Gasteiger partial charge in [0.25, 0.3) is 11.6 Å². The number of nitro groups is 1. The van der Waals surface area contributed by atoms with Crippen LogP contribution < -0.4 is 15.1 Å². The molecule has 10 heteroatoms. The number of imide groups is 2. The minimum Gasteiger partial charge on any atom is -0.372 e. The lowest BCUT2D eigenvalue weighted by Crippen LogP contribution is -2.76. The Morgan fingerprint density at radius 2 is 1.82 bits per heavy atom. The van der Waals surface area contributed by atoms with Gasteiger partial charge in [-0.25, -0.2) is 9.69 Å². The van der Waals surface area contributed by atoms with Crippen LogP contribution in [0.3, 0.4) is 0 Å². The van der Waals surface area contributed by atoms with E-state index in [2.05, 4.69) is 5.32 Å². The molecule has 34 heavy (non-hydrogen) atoms. The van der Waals surface area contributed by atoms with Crippen LogP contribution in [-0.2, 0) is 20.7 Å². The molecule has 0 radical (unpaired) electrons. The second-order valence-corrected chi connectivity index (χ2v) is 9.20. The first-order valence-electron chi connectivity index (χ1n) is 11.1. The zero-order valence-corrected chi connectivity index (χ0v) is 19.0. The molecule has 1 spiro atoms. The number of morpholine rings is 1. The molecule has 0 aromatic heterocycles. The maximum absolute atomic E-state index is 14.1. The first-order valence-corrected chi connectivity index (χ1v) is 11.1. The summed E-state index contributed by atoms with van der Waals surface area (Å²) >= 11 is 0. The van der Waals surface area contributed by atoms with Crippen molar-refractivity contribution in [3.63, 3.8) is 0 Å². The highest BCUT2D eigenvalue weighted by atomic mass is 16.6. The van der Waals surface area contributed by atoms with Gasteiger partial charge in [0.2, 0.25) is 5.91 Å². The van der Waals surface area contributed by atoms with Crippen molar-refractivity contribution < 1.29 is 24.0 Å². The topological polar surface area (TPSA) is 122 Å². The molecule has 0 aliphatic carbocycles. The number of anilines is 2. The number of carbonyl (C=O) groups is 3. The third kappa shape index (κ3) is 3.09. The zero-order chi connectivity index (χ0) is 24.4. The number of amides is 4. The number of fused-ring (bicyclic) bond motifs is 4. The van der Waals surface area contributed by atoms with Gasteiger partial charge in [-0.05, 0) is 44.5 Å². The van der Waals surface area contributed by atoms with Gasteiger partial charge in [-0.1, -0.05) is 17.7 Å². The second kappa shape index (κ2) is 7.63. The molecule has 3 heterocycles. The second-order valence-electron chi connectivity index (χ2n) is 9.20. The summed E-state index contributed by atoms with van der Waals surface area (Å²) in [4.78, 5) is 54.4. The van der Waals surface area contributed by atoms with Gasteiger partial charge in [-0.2, -0.15) is 0 Å². The minimum absolute atomic E-state index is 0.0897. The van der Waals surface area contributed by atoms with Crippen LogP contribution in [0.4, 0.5) is 21.9 Å². The highest BCUT2D eigenvalue weighted by Crippen LogP contribution is 2.48. The number of nitrogens with one attached hydrogen (secondary N) is 1. The summed E-state index contributed by atoms with van der Waals surface area (Å²) in [6, 6.07) is 9.82. The lowest BCUT2D eigenvalue weighted by molar-refractivity contribution is -0.384. The van der Waals surface area contributed by atoms with Crippen molar-refractivity contribution in [3.8, 4) is 0 Å². The molecule has 3 aliphatic heterocycles. The van der Waals surface area contributed by atoms with E-state index in [1.807, 2.05) is 18.7 Å². The van der Waals surface area contributed by atoms with Crippen molar-refractivity contribution in [1.29, 1.82) is 0 Å². The summed E-state index contributed by atoms with van der Waals surface area (Å²) in [7, 11) is 0. The molecule has 3 aliphatic rings. The fourth-order valence-corrected chi connectivity index (χ4v) is 5.55. The number of aryl methyl sites for hydroxylation is 1. The number of hydrogen-bond acceptors (Lipinski definition) is 7. The summed E-state index contributed by atoms with van der Waals surface area (Å²) in [5.74, 6) is -1.38. The number of non-ortho nitro benzene ring substituents is 1. The molecule has 176 valence electrons. The Bertz CT molecular complexity index is 1230. The summed E-state index contributed by atoms with van der Waals surface area (Å²) in [6.07, 6.45) is -0.802. The normalized spacial score (nSPS) is 28.4. The predicted octanol–water partition coefficient (Wildman–Crippen LogP) is 2.71. The van der Waals surface area contributed by atoms with E-state index in [4.69, 9.17) is 4.74 Å². The number of nitrogens with zero attached hydrogens (tertiary/aromatic N) is 3. The van der Waals surface area contributed by atoms with Gasteiger partial charge in [0.1, 0.15) is 0 Å². The zero-order valence-electron chi connectivity index (χ0n) is 19.0. The van der Waals surface area contributed by atoms with Gasteiger partial charge >= 0.3 is 6.03 Å². The number of rotatable bonds is 2. The maximum atomic E-state index is 14.1. The number of carbonyl (C=O) groups excluding carboxylic acids is 3. The summed E-state index contributed by atoms with van der Waals surface area (Å²) < 4.78 is 6.05. The van der Waals surface area contributed by atoms with Gasteiger partial charge < -0.3 is 9.64 Å². The van der Waals surface area contributed by atoms with Crippen LogP contribution >= 0.6 is 0 Å². The number of nitro benzene ring substituents is 1. The van der Waals surface area contributed by atoms with E-state index in [1.165, 1.54) is 12.1 Å². The van der Waals surface area contributed by atoms with Crippen LogP contribution in [0.2, 0.25) is 0 Å². The van der Waals surface area contributed by atoms with Gasteiger partial charge in [-0.3, -0.25) is 25.0 Å². The van der Waals surface area contributed by atoms with Gasteiger partial charge in [-0.15, -0.1) is 0 Å². The molecule has 2 saturated heterocycles. The van der Waals surface area contributed by atoms with Gasteiger partial charge in [0.15, 0.2) is 5.41 Å². The Kier molecular flexibility index (Phi) is 4.94. The van der Waals surface area contributed by atoms with E-state index in [1.54, 1.807) is 37.3 Å². The standard InChI is InChI=1S/C24H24N4O6/c1-13-4-6-17(7-5-13)27-22(30)24(21(29)25-23(27)31)11-16-10-18(28(32)33)8-9-19(16)26-12-14(2)34-15(3)20(24)26/h4-10,14-15,20H,11-12H2,1-3H3,(H,25,29,31)/t14-,15-,20+,24-/m1/s1. The molecule has 0 unspecified atom stereocenters. The molecular formula is C24H24N4O6. The predicted molar refractivity (Wildman–Crippen MR) is 123 cm³/mol. The lowest BCUT2D eigenvalue weighted by Gasteiger charge is -2.56. The third-order valence-electron chi connectivity index (χ3n) is 6.94. The van der Waals surface area contributed by atoms with Crippen molar-refractivity contribution in [1.82, 2.24) is 5.32 Å². The minimum atomic E-state index is -1.71. The summed E-state index contributed by atoms with van der Waals surface area (Å²) in [6.45, 7) is 5.97. The van der Waals surface area contributed by atoms with Crippen LogP contribution in [0.1, 0.15) is 25.0 Å². The number of barbiturate groups is 1. The molecule has 2 aromatic rings. The molecule has 1 N–H and O–H groups in total. The Hall–Kier alpha value is -3.79. The Morgan fingerprint density at radius 3 is 2.50 bits per heavy atom. The lowest BCUT2D eigenvalue weighted by atomic mass is 9.66. The van der Waals surface area contributed by atoms with Crippen LogP contribution in [0, 0.1) is 22.5 Å². The average molecular weight is 464 g/mol. The van der Waals surface area contributed by atoms with Crippen molar-refractivity contribution >= 4 is 34.9 Å². The Balaban J connectivity index is 1.70. The fourth-order valence-electron chi connectivity index (χ4n) is 5.55. The average Bonchev–Trinajstić information content (AvgIpc) is 2.78.